The molecule has 2 fully saturated rings. The Morgan fingerprint density at radius 1 is 1.14 bits per heavy atom. The lowest BCUT2D eigenvalue weighted by atomic mass is 9.86. The topological polar surface area (TPSA) is 82.6 Å². The predicted octanol–water partition coefficient (Wildman–Crippen LogP) is 1.20. The van der Waals surface area contributed by atoms with Crippen LogP contribution in [0.2, 0.25) is 0 Å². The van der Waals surface area contributed by atoms with Gasteiger partial charge in [-0.3, -0.25) is 4.99 Å². The highest BCUT2D eigenvalue weighted by molar-refractivity contribution is 7.89. The molecule has 0 aromatic carbocycles. The zero-order valence-corrected chi connectivity index (χ0v) is 14.4. The second-order valence-electron chi connectivity index (χ2n) is 6.35. The molecule has 128 valence electrons. The molecule has 22 heavy (non-hydrogen) atoms. The highest BCUT2D eigenvalue weighted by atomic mass is 32.2. The largest absolute Gasteiger partial charge is 0.357 e. The van der Waals surface area contributed by atoms with Crippen molar-refractivity contribution in [2.24, 2.45) is 10.9 Å². The standard InChI is InChI=1S/C15H30N4O2S/c1-2-16-15(19-14-8-3-4-9-14)17-10-11-22(20,21)18-12-13-6-5-7-13/h13-14,18H,2-12H2,1H3,(H2,16,17,19). The molecule has 2 rings (SSSR count). The van der Waals surface area contributed by atoms with Crippen molar-refractivity contribution in [2.45, 2.75) is 57.9 Å². The van der Waals surface area contributed by atoms with Gasteiger partial charge in [0.15, 0.2) is 5.96 Å². The van der Waals surface area contributed by atoms with Gasteiger partial charge < -0.3 is 10.6 Å². The lowest BCUT2D eigenvalue weighted by Gasteiger charge is -2.25. The molecule has 0 unspecified atom stereocenters. The minimum absolute atomic E-state index is 0.0565. The third-order valence-corrected chi connectivity index (χ3v) is 5.81. The molecule has 6 nitrogen and oxygen atoms in total. The van der Waals surface area contributed by atoms with E-state index in [9.17, 15) is 8.42 Å². The summed E-state index contributed by atoms with van der Waals surface area (Å²) in [6.45, 7) is 3.68. The first-order valence-corrected chi connectivity index (χ1v) is 10.3. The van der Waals surface area contributed by atoms with Gasteiger partial charge in [-0.15, -0.1) is 0 Å². The van der Waals surface area contributed by atoms with E-state index in [-0.39, 0.29) is 5.75 Å². The number of rotatable bonds is 8. The number of nitrogens with zero attached hydrogens (tertiary/aromatic N) is 1. The van der Waals surface area contributed by atoms with Crippen molar-refractivity contribution in [3.05, 3.63) is 0 Å². The normalized spacial score (nSPS) is 20.9. The molecule has 2 aliphatic rings. The van der Waals surface area contributed by atoms with Crippen molar-refractivity contribution in [3.8, 4) is 0 Å². The molecule has 3 N–H and O–H groups in total. The van der Waals surface area contributed by atoms with Gasteiger partial charge in [-0.25, -0.2) is 13.1 Å². The smallest absolute Gasteiger partial charge is 0.213 e. The molecule has 2 saturated carbocycles. The van der Waals surface area contributed by atoms with E-state index < -0.39 is 10.0 Å². The van der Waals surface area contributed by atoms with E-state index in [1.807, 2.05) is 6.92 Å². The number of guanidine groups is 1. The fourth-order valence-electron chi connectivity index (χ4n) is 2.88. The van der Waals surface area contributed by atoms with Crippen molar-refractivity contribution in [1.82, 2.24) is 15.4 Å². The van der Waals surface area contributed by atoms with Crippen LogP contribution in [0.1, 0.15) is 51.9 Å². The maximum atomic E-state index is 11.9. The quantitative estimate of drug-likeness (QED) is 0.461. The first-order chi connectivity index (χ1) is 10.6. The maximum Gasteiger partial charge on any atom is 0.213 e. The third-order valence-electron chi connectivity index (χ3n) is 4.49. The molecule has 0 heterocycles. The van der Waals surface area contributed by atoms with Gasteiger partial charge in [-0.2, -0.15) is 0 Å². The number of nitrogens with one attached hydrogen (secondary N) is 3. The molecule has 0 bridgehead atoms. The van der Waals surface area contributed by atoms with Gasteiger partial charge in [0.25, 0.3) is 0 Å². The van der Waals surface area contributed by atoms with Crippen LogP contribution in [0.25, 0.3) is 0 Å². The van der Waals surface area contributed by atoms with Gasteiger partial charge >= 0.3 is 0 Å². The van der Waals surface area contributed by atoms with Gasteiger partial charge in [0.05, 0.1) is 12.3 Å². The summed E-state index contributed by atoms with van der Waals surface area (Å²) >= 11 is 0. The SMILES string of the molecule is CCNC(=NCCS(=O)(=O)NCC1CCC1)NC1CCCC1. The summed E-state index contributed by atoms with van der Waals surface area (Å²) in [7, 11) is -3.20. The molecule has 0 atom stereocenters. The van der Waals surface area contributed by atoms with Gasteiger partial charge in [0.1, 0.15) is 0 Å². The van der Waals surface area contributed by atoms with E-state index >= 15 is 0 Å². The number of hydrogen-bond acceptors (Lipinski definition) is 3. The number of sulfonamides is 1. The van der Waals surface area contributed by atoms with Gasteiger partial charge in [0, 0.05) is 19.1 Å². The van der Waals surface area contributed by atoms with Crippen LogP contribution >= 0.6 is 0 Å². The summed E-state index contributed by atoms with van der Waals surface area (Å²) in [6, 6.07) is 0.478. The predicted molar refractivity (Wildman–Crippen MR) is 90.5 cm³/mol. The van der Waals surface area contributed by atoms with E-state index in [1.54, 1.807) is 0 Å². The summed E-state index contributed by atoms with van der Waals surface area (Å²) in [5.74, 6) is 1.34. The molecular formula is C15H30N4O2S. The fraction of sp³-hybridized carbons (Fsp3) is 0.933. The average molecular weight is 330 g/mol. The minimum atomic E-state index is -3.20. The van der Waals surface area contributed by atoms with Crippen LogP contribution in [-0.2, 0) is 10.0 Å². The summed E-state index contributed by atoms with van der Waals surface area (Å²) in [4.78, 5) is 4.40. The molecule has 0 saturated heterocycles. The van der Waals surface area contributed by atoms with Crippen molar-refractivity contribution >= 4 is 16.0 Å². The first-order valence-electron chi connectivity index (χ1n) is 8.61. The Morgan fingerprint density at radius 2 is 1.86 bits per heavy atom. The minimum Gasteiger partial charge on any atom is -0.357 e. The lowest BCUT2D eigenvalue weighted by Crippen LogP contribution is -2.42. The molecule has 0 radical (unpaired) electrons. The van der Waals surface area contributed by atoms with Crippen molar-refractivity contribution in [3.63, 3.8) is 0 Å². The Labute approximate surface area is 134 Å². The Bertz CT molecular complexity index is 454. The Hall–Kier alpha value is -0.820. The van der Waals surface area contributed by atoms with E-state index in [1.165, 1.54) is 32.1 Å². The zero-order chi connectivity index (χ0) is 15.8. The van der Waals surface area contributed by atoms with E-state index in [4.69, 9.17) is 0 Å². The van der Waals surface area contributed by atoms with Crippen molar-refractivity contribution in [1.29, 1.82) is 0 Å². The summed E-state index contributed by atoms with van der Waals surface area (Å²) in [6.07, 6.45) is 8.40. The molecule has 0 aromatic heterocycles. The highest BCUT2D eigenvalue weighted by Crippen LogP contribution is 2.25. The Morgan fingerprint density at radius 3 is 2.45 bits per heavy atom. The zero-order valence-electron chi connectivity index (χ0n) is 13.6. The maximum absolute atomic E-state index is 11.9. The first kappa shape index (κ1) is 17.5. The highest BCUT2D eigenvalue weighted by Gasteiger charge is 2.20. The second kappa shape index (κ2) is 8.72. The van der Waals surface area contributed by atoms with Crippen LogP contribution in [0.15, 0.2) is 4.99 Å². The average Bonchev–Trinajstić information content (AvgIpc) is 2.89. The van der Waals surface area contributed by atoms with Crippen LogP contribution in [0.5, 0.6) is 0 Å². The molecule has 0 amide bonds. The van der Waals surface area contributed by atoms with E-state index in [0.29, 0.717) is 25.0 Å². The Balaban J connectivity index is 1.73. The van der Waals surface area contributed by atoms with Crippen LogP contribution in [0.4, 0.5) is 0 Å². The van der Waals surface area contributed by atoms with Crippen LogP contribution < -0.4 is 15.4 Å². The van der Waals surface area contributed by atoms with Gasteiger partial charge in [-0.1, -0.05) is 19.3 Å². The van der Waals surface area contributed by atoms with E-state index in [0.717, 1.165) is 25.3 Å². The molecule has 0 aromatic rings. The fourth-order valence-corrected chi connectivity index (χ4v) is 3.84. The second-order valence-corrected chi connectivity index (χ2v) is 8.28. The molecule has 2 aliphatic carbocycles. The van der Waals surface area contributed by atoms with Crippen LogP contribution in [0.3, 0.4) is 0 Å². The Kier molecular flexibility index (Phi) is 6.95. The van der Waals surface area contributed by atoms with E-state index in [2.05, 4.69) is 20.3 Å². The van der Waals surface area contributed by atoms with Gasteiger partial charge in [-0.05, 0) is 38.5 Å². The van der Waals surface area contributed by atoms with Crippen LogP contribution in [-0.4, -0.2) is 45.8 Å². The lowest BCUT2D eigenvalue weighted by molar-refractivity contribution is 0.316. The molecule has 7 heteroatoms. The van der Waals surface area contributed by atoms with Crippen molar-refractivity contribution < 1.29 is 8.42 Å². The molecule has 0 spiro atoms. The molecular weight excluding hydrogens is 300 g/mol. The molecule has 0 aliphatic heterocycles. The number of aliphatic imine (C=N–C) groups is 1. The monoisotopic (exact) mass is 330 g/mol. The third kappa shape index (κ3) is 6.12. The van der Waals surface area contributed by atoms with Gasteiger partial charge in [0.2, 0.25) is 10.0 Å². The summed E-state index contributed by atoms with van der Waals surface area (Å²) < 4.78 is 26.6. The van der Waals surface area contributed by atoms with Crippen molar-refractivity contribution in [2.75, 3.05) is 25.4 Å². The summed E-state index contributed by atoms with van der Waals surface area (Å²) in [5, 5.41) is 6.58. The number of hydrogen-bond donors (Lipinski definition) is 3. The summed E-state index contributed by atoms with van der Waals surface area (Å²) in [5.41, 5.74) is 0. The van der Waals surface area contributed by atoms with Crippen LogP contribution in [0, 0.1) is 5.92 Å².